The lowest BCUT2D eigenvalue weighted by molar-refractivity contribution is -0.383. The Labute approximate surface area is 156 Å². The van der Waals surface area contributed by atoms with Crippen molar-refractivity contribution in [2.24, 2.45) is 0 Å². The van der Waals surface area contributed by atoms with E-state index in [0.717, 1.165) is 55.4 Å². The fourth-order valence-corrected chi connectivity index (χ4v) is 3.66. The van der Waals surface area contributed by atoms with Gasteiger partial charge in [0.05, 0.1) is 21.7 Å². The molecule has 0 amide bonds. The van der Waals surface area contributed by atoms with Crippen LogP contribution in [0.15, 0.2) is 35.0 Å². The molecule has 0 spiro atoms. The van der Waals surface area contributed by atoms with Crippen molar-refractivity contribution in [2.75, 3.05) is 31.1 Å². The van der Waals surface area contributed by atoms with Gasteiger partial charge in [-0.1, -0.05) is 5.16 Å². The number of nitro groups is 1. The molecule has 0 radical (unpaired) electrons. The maximum atomic E-state index is 11.3. The van der Waals surface area contributed by atoms with Gasteiger partial charge in [0.25, 0.3) is 5.69 Å². The Morgan fingerprint density at radius 1 is 1.19 bits per heavy atom. The number of nitro benzene ring substituents is 1. The van der Waals surface area contributed by atoms with Crippen molar-refractivity contribution in [1.29, 1.82) is 0 Å². The van der Waals surface area contributed by atoms with Crippen LogP contribution in [0.5, 0.6) is 0 Å². The van der Waals surface area contributed by atoms with E-state index in [4.69, 9.17) is 4.52 Å². The number of benzene rings is 1. The van der Waals surface area contributed by atoms with Gasteiger partial charge >= 0.3 is 0 Å². The smallest absolute Gasteiger partial charge is 0.278 e. The number of rotatable bonds is 4. The van der Waals surface area contributed by atoms with Gasteiger partial charge in [0, 0.05) is 50.6 Å². The molecule has 1 aromatic carbocycles. The van der Waals surface area contributed by atoms with E-state index < -0.39 is 0 Å². The zero-order valence-corrected chi connectivity index (χ0v) is 15.4. The molecule has 1 aliphatic heterocycles. The highest BCUT2D eigenvalue weighted by Crippen LogP contribution is 2.32. The molecule has 1 saturated heterocycles. The van der Waals surface area contributed by atoms with E-state index in [1.165, 1.54) is 0 Å². The molecular weight excluding hydrogens is 346 g/mol. The predicted molar refractivity (Wildman–Crippen MR) is 102 cm³/mol. The summed E-state index contributed by atoms with van der Waals surface area (Å²) < 4.78 is 5.26. The van der Waals surface area contributed by atoms with Crippen LogP contribution in [0.3, 0.4) is 0 Å². The molecule has 8 nitrogen and oxygen atoms in total. The monoisotopic (exact) mass is 367 g/mol. The molecule has 1 fully saturated rings. The molecule has 8 heteroatoms. The first-order valence-electron chi connectivity index (χ1n) is 8.96. The van der Waals surface area contributed by atoms with Gasteiger partial charge in [0.15, 0.2) is 0 Å². The van der Waals surface area contributed by atoms with Gasteiger partial charge in [0.1, 0.15) is 11.3 Å². The first-order valence-corrected chi connectivity index (χ1v) is 8.96. The molecule has 4 rings (SSSR count). The SMILES string of the molecule is Cc1noc(C)c1CN1CCN(c2ccc([N+](=O)[O-])c3cccnc23)CC1. The fraction of sp³-hybridized carbons (Fsp3) is 0.368. The highest BCUT2D eigenvalue weighted by molar-refractivity contribution is 5.97. The maximum Gasteiger partial charge on any atom is 0.278 e. The minimum absolute atomic E-state index is 0.0962. The van der Waals surface area contributed by atoms with Crippen molar-refractivity contribution in [2.45, 2.75) is 20.4 Å². The van der Waals surface area contributed by atoms with E-state index >= 15 is 0 Å². The zero-order valence-electron chi connectivity index (χ0n) is 15.4. The summed E-state index contributed by atoms with van der Waals surface area (Å²) in [5.74, 6) is 0.875. The van der Waals surface area contributed by atoms with E-state index in [2.05, 4.69) is 19.9 Å². The largest absolute Gasteiger partial charge is 0.367 e. The Bertz CT molecular complexity index is 973. The van der Waals surface area contributed by atoms with Gasteiger partial charge in [0.2, 0.25) is 0 Å². The average Bonchev–Trinajstić information content (AvgIpc) is 2.99. The number of fused-ring (bicyclic) bond motifs is 1. The number of aryl methyl sites for hydroxylation is 2. The van der Waals surface area contributed by atoms with Crippen LogP contribution in [0.1, 0.15) is 17.0 Å². The van der Waals surface area contributed by atoms with E-state index in [1.54, 1.807) is 24.4 Å². The number of pyridine rings is 1. The lowest BCUT2D eigenvalue weighted by Crippen LogP contribution is -2.46. The fourth-order valence-electron chi connectivity index (χ4n) is 3.66. The van der Waals surface area contributed by atoms with Gasteiger partial charge in [-0.05, 0) is 32.0 Å². The summed E-state index contributed by atoms with van der Waals surface area (Å²) in [5, 5.41) is 15.9. The second-order valence-electron chi connectivity index (χ2n) is 6.83. The molecule has 0 saturated carbocycles. The molecule has 0 unspecified atom stereocenters. The van der Waals surface area contributed by atoms with Crippen LogP contribution >= 0.6 is 0 Å². The summed E-state index contributed by atoms with van der Waals surface area (Å²) in [6, 6.07) is 6.89. The number of piperazine rings is 1. The summed E-state index contributed by atoms with van der Waals surface area (Å²) >= 11 is 0. The molecule has 2 aromatic heterocycles. The molecule has 3 aromatic rings. The molecule has 3 heterocycles. The van der Waals surface area contributed by atoms with Crippen LogP contribution in [0.25, 0.3) is 10.9 Å². The highest BCUT2D eigenvalue weighted by atomic mass is 16.6. The van der Waals surface area contributed by atoms with Crippen LogP contribution in [-0.2, 0) is 6.54 Å². The Morgan fingerprint density at radius 3 is 2.63 bits per heavy atom. The Morgan fingerprint density at radius 2 is 1.96 bits per heavy atom. The minimum Gasteiger partial charge on any atom is -0.367 e. The third-order valence-corrected chi connectivity index (χ3v) is 5.20. The lowest BCUT2D eigenvalue weighted by atomic mass is 10.1. The van der Waals surface area contributed by atoms with Crippen molar-refractivity contribution in [3.05, 3.63) is 57.6 Å². The highest BCUT2D eigenvalue weighted by Gasteiger charge is 2.23. The molecule has 27 heavy (non-hydrogen) atoms. The minimum atomic E-state index is -0.352. The molecule has 0 bridgehead atoms. The Kier molecular flexibility index (Phi) is 4.49. The van der Waals surface area contributed by atoms with Crippen molar-refractivity contribution in [1.82, 2.24) is 15.0 Å². The molecule has 1 aliphatic rings. The maximum absolute atomic E-state index is 11.3. The second-order valence-corrected chi connectivity index (χ2v) is 6.83. The van der Waals surface area contributed by atoms with Crippen LogP contribution in [-0.4, -0.2) is 46.1 Å². The zero-order chi connectivity index (χ0) is 19.0. The van der Waals surface area contributed by atoms with E-state index in [9.17, 15) is 10.1 Å². The second kappa shape index (κ2) is 6.96. The first-order chi connectivity index (χ1) is 13.0. The third-order valence-electron chi connectivity index (χ3n) is 5.20. The average molecular weight is 367 g/mol. The number of anilines is 1. The summed E-state index contributed by atoms with van der Waals surface area (Å²) in [4.78, 5) is 20.0. The number of nitrogens with zero attached hydrogens (tertiary/aromatic N) is 5. The number of hydrogen-bond donors (Lipinski definition) is 0. The van der Waals surface area contributed by atoms with Crippen molar-refractivity contribution in [3.8, 4) is 0 Å². The van der Waals surface area contributed by atoms with Gasteiger partial charge < -0.3 is 9.42 Å². The predicted octanol–water partition coefficient (Wildman–Crippen LogP) is 3.07. The molecule has 0 atom stereocenters. The molecule has 140 valence electrons. The van der Waals surface area contributed by atoms with Gasteiger partial charge in [-0.3, -0.25) is 20.0 Å². The topological polar surface area (TPSA) is 88.5 Å². The van der Waals surface area contributed by atoms with E-state index in [0.29, 0.717) is 10.9 Å². The number of non-ortho nitro benzene ring substituents is 1. The van der Waals surface area contributed by atoms with E-state index in [-0.39, 0.29) is 10.6 Å². The third kappa shape index (κ3) is 3.23. The van der Waals surface area contributed by atoms with Crippen LogP contribution in [0.2, 0.25) is 0 Å². The first kappa shape index (κ1) is 17.4. The van der Waals surface area contributed by atoms with Crippen LogP contribution < -0.4 is 4.90 Å². The van der Waals surface area contributed by atoms with Crippen LogP contribution in [0.4, 0.5) is 11.4 Å². The molecule has 0 aliphatic carbocycles. The van der Waals surface area contributed by atoms with Gasteiger partial charge in [-0.25, -0.2) is 0 Å². The Balaban J connectivity index is 1.53. The van der Waals surface area contributed by atoms with Crippen molar-refractivity contribution < 1.29 is 9.45 Å². The number of aromatic nitrogens is 2. The van der Waals surface area contributed by atoms with Crippen LogP contribution in [0, 0.1) is 24.0 Å². The molecular formula is C19H21N5O3. The van der Waals surface area contributed by atoms with Gasteiger partial charge in [-0.2, -0.15) is 0 Å². The van der Waals surface area contributed by atoms with Gasteiger partial charge in [-0.15, -0.1) is 0 Å². The number of hydrogen-bond acceptors (Lipinski definition) is 7. The summed E-state index contributed by atoms with van der Waals surface area (Å²) in [6.45, 7) is 8.22. The van der Waals surface area contributed by atoms with E-state index in [1.807, 2.05) is 19.9 Å². The lowest BCUT2D eigenvalue weighted by Gasteiger charge is -2.36. The summed E-state index contributed by atoms with van der Waals surface area (Å²) in [6.07, 6.45) is 1.68. The standard InChI is InChI=1S/C19H21N5O3/c1-13-16(14(2)27-21-13)12-22-8-10-23(11-9-22)18-6-5-17(24(25)26)15-4-3-7-20-19(15)18/h3-7H,8-12H2,1-2H3. The normalized spacial score (nSPS) is 15.4. The Hall–Kier alpha value is -3.00. The summed E-state index contributed by atoms with van der Waals surface area (Å²) in [7, 11) is 0. The van der Waals surface area contributed by atoms with Crippen molar-refractivity contribution >= 4 is 22.3 Å². The van der Waals surface area contributed by atoms with Crippen molar-refractivity contribution in [3.63, 3.8) is 0 Å². The summed E-state index contributed by atoms with van der Waals surface area (Å²) in [5.41, 5.74) is 3.84. The molecule has 0 N–H and O–H groups in total. The quantitative estimate of drug-likeness (QED) is 0.517.